The fourth-order valence-electron chi connectivity index (χ4n) is 1.61. The lowest BCUT2D eigenvalue weighted by molar-refractivity contribution is 0.273. The molecule has 0 spiro atoms. The van der Waals surface area contributed by atoms with Crippen molar-refractivity contribution in [2.75, 3.05) is 20.1 Å². The Labute approximate surface area is 96.5 Å². The van der Waals surface area contributed by atoms with Crippen molar-refractivity contribution >= 4 is 0 Å². The second-order valence-electron chi connectivity index (χ2n) is 4.26. The van der Waals surface area contributed by atoms with Crippen LogP contribution < -0.4 is 5.73 Å². The Hall–Kier alpha value is -1.00. The van der Waals surface area contributed by atoms with Gasteiger partial charge in [-0.05, 0) is 31.6 Å². The lowest BCUT2D eigenvalue weighted by atomic mass is 9.99. The third-order valence-corrected chi connectivity index (χ3v) is 2.84. The van der Waals surface area contributed by atoms with Crippen molar-refractivity contribution in [2.24, 2.45) is 11.7 Å². The zero-order valence-corrected chi connectivity index (χ0v) is 10.2. The number of nitrogens with two attached hydrogens (primary N) is 1. The van der Waals surface area contributed by atoms with Crippen molar-refractivity contribution < 1.29 is 4.39 Å². The quantitative estimate of drug-likeness (QED) is 0.831. The zero-order valence-electron chi connectivity index (χ0n) is 10.2. The third kappa shape index (κ3) is 3.54. The van der Waals surface area contributed by atoms with Gasteiger partial charge in [0.25, 0.3) is 0 Å². The Morgan fingerprint density at radius 2 is 2.19 bits per heavy atom. The molecule has 0 aliphatic carbocycles. The van der Waals surface area contributed by atoms with Gasteiger partial charge in [0.15, 0.2) is 0 Å². The van der Waals surface area contributed by atoms with Crippen molar-refractivity contribution in [2.45, 2.75) is 19.9 Å². The van der Waals surface area contributed by atoms with Gasteiger partial charge >= 0.3 is 0 Å². The van der Waals surface area contributed by atoms with Crippen LogP contribution in [0.5, 0.6) is 0 Å². The van der Waals surface area contributed by atoms with E-state index in [1.807, 2.05) is 0 Å². The Morgan fingerprint density at radius 1 is 1.50 bits per heavy atom. The molecule has 16 heavy (non-hydrogen) atoms. The van der Waals surface area contributed by atoms with Crippen LogP contribution in [-0.4, -0.2) is 30.0 Å². The van der Waals surface area contributed by atoms with E-state index in [0.717, 1.165) is 18.8 Å². The summed E-state index contributed by atoms with van der Waals surface area (Å²) >= 11 is 0. The summed E-state index contributed by atoms with van der Waals surface area (Å²) < 4.78 is 12.7. The van der Waals surface area contributed by atoms with Crippen molar-refractivity contribution in [1.29, 1.82) is 0 Å². The van der Waals surface area contributed by atoms with Gasteiger partial charge < -0.3 is 10.6 Å². The largest absolute Gasteiger partial charge is 0.322 e. The van der Waals surface area contributed by atoms with E-state index in [1.165, 1.54) is 12.3 Å². The van der Waals surface area contributed by atoms with Crippen molar-refractivity contribution in [3.63, 3.8) is 0 Å². The van der Waals surface area contributed by atoms with Crippen molar-refractivity contribution in [3.05, 3.63) is 29.8 Å². The minimum Gasteiger partial charge on any atom is -0.322 e. The lowest BCUT2D eigenvalue weighted by Crippen LogP contribution is -2.31. The number of rotatable bonds is 5. The van der Waals surface area contributed by atoms with Gasteiger partial charge in [-0.3, -0.25) is 4.98 Å². The molecule has 0 saturated carbocycles. The van der Waals surface area contributed by atoms with Crippen molar-refractivity contribution in [3.8, 4) is 0 Å². The van der Waals surface area contributed by atoms with Crippen LogP contribution in [0.2, 0.25) is 0 Å². The van der Waals surface area contributed by atoms with Gasteiger partial charge in [0.1, 0.15) is 5.82 Å². The van der Waals surface area contributed by atoms with Gasteiger partial charge in [0.05, 0.1) is 17.9 Å². The Bertz CT molecular complexity index is 313. The van der Waals surface area contributed by atoms with E-state index in [-0.39, 0.29) is 11.9 Å². The summed E-state index contributed by atoms with van der Waals surface area (Å²) in [4.78, 5) is 6.22. The van der Waals surface area contributed by atoms with Crippen molar-refractivity contribution in [1.82, 2.24) is 9.88 Å². The van der Waals surface area contributed by atoms with E-state index in [1.54, 1.807) is 6.07 Å². The average Bonchev–Trinajstić information content (AvgIpc) is 2.28. The molecule has 0 aliphatic heterocycles. The van der Waals surface area contributed by atoms with Gasteiger partial charge in [-0.25, -0.2) is 4.39 Å². The highest BCUT2D eigenvalue weighted by Crippen LogP contribution is 2.18. The second-order valence-corrected chi connectivity index (χ2v) is 4.26. The number of hydrogen-bond acceptors (Lipinski definition) is 3. The van der Waals surface area contributed by atoms with Crippen LogP contribution in [0.15, 0.2) is 18.3 Å². The molecule has 2 N–H and O–H groups in total. The lowest BCUT2D eigenvalue weighted by Gasteiger charge is -2.24. The first-order valence-corrected chi connectivity index (χ1v) is 5.60. The van der Waals surface area contributed by atoms with E-state index < -0.39 is 0 Å². The molecule has 1 heterocycles. The Kier molecular flexibility index (Phi) is 4.83. The van der Waals surface area contributed by atoms with E-state index >= 15 is 0 Å². The molecule has 2 atom stereocenters. The number of halogens is 1. The number of hydrogen-bond donors (Lipinski definition) is 1. The molecule has 0 saturated heterocycles. The van der Waals surface area contributed by atoms with Crippen LogP contribution in [0.4, 0.5) is 4.39 Å². The summed E-state index contributed by atoms with van der Waals surface area (Å²) in [6, 6.07) is 2.91. The minimum absolute atomic E-state index is 0.144. The summed E-state index contributed by atoms with van der Waals surface area (Å²) in [6.07, 6.45) is 1.21. The van der Waals surface area contributed by atoms with E-state index in [4.69, 9.17) is 5.73 Å². The summed E-state index contributed by atoms with van der Waals surface area (Å²) in [5, 5.41) is 0. The minimum atomic E-state index is -0.325. The van der Waals surface area contributed by atoms with Gasteiger partial charge in [0, 0.05) is 6.54 Å². The molecule has 1 rings (SSSR count). The molecule has 0 aliphatic rings. The van der Waals surface area contributed by atoms with Gasteiger partial charge in [-0.2, -0.15) is 0 Å². The van der Waals surface area contributed by atoms with Gasteiger partial charge in [-0.15, -0.1) is 0 Å². The molecule has 0 aromatic carbocycles. The highest BCUT2D eigenvalue weighted by Gasteiger charge is 2.17. The monoisotopic (exact) mass is 225 g/mol. The first kappa shape index (κ1) is 13.1. The standard InChI is InChI=1S/C12H20FN3/c1-4-16(3)8-9(2)12(14)11-6-5-10(13)7-15-11/h5-7,9,12H,4,8,14H2,1-3H3. The summed E-state index contributed by atoms with van der Waals surface area (Å²) in [5.74, 6) is -0.0304. The molecular weight excluding hydrogens is 205 g/mol. The van der Waals surface area contributed by atoms with Crippen LogP contribution in [0.25, 0.3) is 0 Å². The maximum absolute atomic E-state index is 12.7. The average molecular weight is 225 g/mol. The predicted molar refractivity (Wildman–Crippen MR) is 63.5 cm³/mol. The van der Waals surface area contributed by atoms with Crippen LogP contribution in [0.1, 0.15) is 25.6 Å². The topological polar surface area (TPSA) is 42.1 Å². The first-order valence-electron chi connectivity index (χ1n) is 5.60. The van der Waals surface area contributed by atoms with Crippen LogP contribution in [0, 0.1) is 11.7 Å². The van der Waals surface area contributed by atoms with E-state index in [0.29, 0.717) is 5.92 Å². The molecule has 1 aromatic heterocycles. The Morgan fingerprint density at radius 3 is 2.69 bits per heavy atom. The van der Waals surface area contributed by atoms with Crippen LogP contribution in [-0.2, 0) is 0 Å². The number of aromatic nitrogens is 1. The molecule has 0 amide bonds. The molecule has 3 nitrogen and oxygen atoms in total. The normalized spacial score (nSPS) is 15.1. The maximum atomic E-state index is 12.7. The molecule has 4 heteroatoms. The second kappa shape index (κ2) is 5.92. The zero-order chi connectivity index (χ0) is 12.1. The molecule has 2 unspecified atom stereocenters. The number of nitrogens with zero attached hydrogens (tertiary/aromatic N) is 2. The third-order valence-electron chi connectivity index (χ3n) is 2.84. The van der Waals surface area contributed by atoms with Crippen LogP contribution in [0.3, 0.4) is 0 Å². The summed E-state index contributed by atoms with van der Waals surface area (Å²) in [6.45, 7) is 6.10. The smallest absolute Gasteiger partial charge is 0.141 e. The summed E-state index contributed by atoms with van der Waals surface area (Å²) in [7, 11) is 2.06. The Balaban J connectivity index is 2.62. The van der Waals surface area contributed by atoms with Gasteiger partial charge in [-0.1, -0.05) is 13.8 Å². The highest BCUT2D eigenvalue weighted by atomic mass is 19.1. The van der Waals surface area contributed by atoms with E-state index in [9.17, 15) is 4.39 Å². The SMILES string of the molecule is CCN(C)CC(C)C(N)c1ccc(F)cn1. The molecule has 90 valence electrons. The van der Waals surface area contributed by atoms with Gasteiger partial charge in [0.2, 0.25) is 0 Å². The molecule has 0 radical (unpaired) electrons. The highest BCUT2D eigenvalue weighted by molar-refractivity contribution is 5.10. The molecule has 0 bridgehead atoms. The number of pyridine rings is 1. The predicted octanol–water partition coefficient (Wildman–Crippen LogP) is 1.81. The fraction of sp³-hybridized carbons (Fsp3) is 0.583. The first-order chi connectivity index (χ1) is 7.54. The molecule has 1 aromatic rings. The maximum Gasteiger partial charge on any atom is 0.141 e. The van der Waals surface area contributed by atoms with E-state index in [2.05, 4.69) is 30.8 Å². The van der Waals surface area contributed by atoms with Crippen LogP contribution >= 0.6 is 0 Å². The molecular formula is C12H20FN3. The summed E-state index contributed by atoms with van der Waals surface area (Å²) in [5.41, 5.74) is 6.83. The fourth-order valence-corrected chi connectivity index (χ4v) is 1.61. The molecule has 0 fully saturated rings.